The van der Waals surface area contributed by atoms with Crippen molar-refractivity contribution in [3.8, 4) is 22.6 Å². The molecule has 2 amide bonds. The molecule has 2 bridgehead atoms. The number of carbonyl (C=O) groups is 2. The monoisotopic (exact) mass is 433 g/mol. The lowest BCUT2D eigenvalue weighted by Gasteiger charge is -2.37. The van der Waals surface area contributed by atoms with Crippen LogP contribution in [0.1, 0.15) is 6.42 Å². The van der Waals surface area contributed by atoms with Crippen LogP contribution in [0.3, 0.4) is 0 Å². The lowest BCUT2D eigenvalue weighted by molar-refractivity contribution is -0.124. The van der Waals surface area contributed by atoms with Crippen molar-refractivity contribution in [2.75, 3.05) is 4.90 Å². The fourth-order valence-electron chi connectivity index (χ4n) is 6.36. The number of amides is 2. The SMILES string of the molecule is O=C1[C@H]2[C@@H]3C=C[C@@H]([C@H]4C[C@H]34)[C@@H]2C(=O)N1c1ccc(Oc2ccc(-c3ccccc3)cc2)cc1. The van der Waals surface area contributed by atoms with Crippen LogP contribution in [0.25, 0.3) is 11.1 Å². The molecular weight excluding hydrogens is 410 g/mol. The van der Waals surface area contributed by atoms with Gasteiger partial charge in [0.25, 0.3) is 0 Å². The summed E-state index contributed by atoms with van der Waals surface area (Å²) in [6.07, 6.45) is 5.58. The Labute approximate surface area is 192 Å². The van der Waals surface area contributed by atoms with E-state index >= 15 is 0 Å². The first-order chi connectivity index (χ1) is 16.2. The van der Waals surface area contributed by atoms with E-state index < -0.39 is 0 Å². The van der Waals surface area contributed by atoms with Crippen molar-refractivity contribution in [1.82, 2.24) is 0 Å². The molecule has 4 nitrogen and oxygen atoms in total. The van der Waals surface area contributed by atoms with Crippen LogP contribution in [0.2, 0.25) is 0 Å². The highest BCUT2D eigenvalue weighted by molar-refractivity contribution is 6.22. The molecule has 162 valence electrons. The predicted molar refractivity (Wildman–Crippen MR) is 126 cm³/mol. The van der Waals surface area contributed by atoms with Gasteiger partial charge < -0.3 is 4.74 Å². The van der Waals surface area contributed by atoms with Gasteiger partial charge in [0.1, 0.15) is 11.5 Å². The van der Waals surface area contributed by atoms with Crippen molar-refractivity contribution in [3.63, 3.8) is 0 Å². The third-order valence-electron chi connectivity index (χ3n) is 7.95. The smallest absolute Gasteiger partial charge is 0.238 e. The summed E-state index contributed by atoms with van der Waals surface area (Å²) < 4.78 is 6.00. The van der Waals surface area contributed by atoms with E-state index in [1.54, 1.807) is 0 Å². The van der Waals surface area contributed by atoms with Crippen molar-refractivity contribution in [2.24, 2.45) is 35.5 Å². The predicted octanol–water partition coefficient (Wildman–Crippen LogP) is 5.70. The number of imide groups is 1. The standard InChI is InChI=1S/C29H23NO3/c31-28-26-22-14-15-23(25-16-24(22)25)27(26)29(32)30(28)19-8-12-21(13-9-19)33-20-10-6-18(7-11-20)17-4-2-1-3-5-17/h1-15,22-27H,16H2/t22-,23+,24-,25-,26+,27+/m1/s1. The van der Waals surface area contributed by atoms with Crippen molar-refractivity contribution in [3.05, 3.63) is 91.0 Å². The summed E-state index contributed by atoms with van der Waals surface area (Å²) in [7, 11) is 0. The lowest BCUT2D eigenvalue weighted by Crippen LogP contribution is -2.40. The molecule has 0 aromatic heterocycles. The summed E-state index contributed by atoms with van der Waals surface area (Å²) in [5, 5.41) is 0. The molecule has 0 radical (unpaired) electrons. The van der Waals surface area contributed by atoms with E-state index in [1.165, 1.54) is 11.3 Å². The largest absolute Gasteiger partial charge is 0.457 e. The van der Waals surface area contributed by atoms with E-state index in [4.69, 9.17) is 4.74 Å². The Morgan fingerprint density at radius 2 is 1.15 bits per heavy atom. The molecule has 3 fully saturated rings. The third-order valence-corrected chi connectivity index (χ3v) is 7.95. The molecular formula is C29H23NO3. The van der Waals surface area contributed by atoms with Crippen LogP contribution < -0.4 is 9.64 Å². The third kappa shape index (κ3) is 2.83. The molecule has 0 N–H and O–H groups in total. The summed E-state index contributed by atoms with van der Waals surface area (Å²) in [5.74, 6) is 2.73. The van der Waals surface area contributed by atoms with Gasteiger partial charge >= 0.3 is 0 Å². The number of anilines is 1. The van der Waals surface area contributed by atoms with Gasteiger partial charge in [-0.05, 0) is 77.6 Å². The van der Waals surface area contributed by atoms with Gasteiger partial charge in [-0.3, -0.25) is 14.5 Å². The van der Waals surface area contributed by atoms with Crippen LogP contribution in [0.4, 0.5) is 5.69 Å². The van der Waals surface area contributed by atoms with Gasteiger partial charge in [0.05, 0.1) is 17.5 Å². The summed E-state index contributed by atoms with van der Waals surface area (Å²) in [5.41, 5.74) is 2.93. The van der Waals surface area contributed by atoms with E-state index in [1.807, 2.05) is 66.7 Å². The Morgan fingerprint density at radius 3 is 1.73 bits per heavy atom. The molecule has 8 rings (SSSR count). The van der Waals surface area contributed by atoms with Gasteiger partial charge in [-0.25, -0.2) is 0 Å². The van der Waals surface area contributed by atoms with Crippen LogP contribution >= 0.6 is 0 Å². The average Bonchev–Trinajstić information content (AvgIpc) is 3.64. The van der Waals surface area contributed by atoms with E-state index in [2.05, 4.69) is 24.3 Å². The highest BCUT2D eigenvalue weighted by Crippen LogP contribution is 2.65. The first kappa shape index (κ1) is 18.9. The first-order valence-electron chi connectivity index (χ1n) is 11.7. The molecule has 2 saturated carbocycles. The normalized spacial score (nSPS) is 30.8. The Hall–Kier alpha value is -3.66. The van der Waals surface area contributed by atoms with E-state index in [0.717, 1.165) is 16.9 Å². The Bertz CT molecular complexity index is 1240. The zero-order chi connectivity index (χ0) is 22.1. The van der Waals surface area contributed by atoms with Crippen LogP contribution in [0, 0.1) is 35.5 Å². The molecule has 1 aliphatic heterocycles. The topological polar surface area (TPSA) is 46.6 Å². The van der Waals surface area contributed by atoms with Crippen LogP contribution in [-0.4, -0.2) is 11.8 Å². The van der Waals surface area contributed by atoms with Gasteiger partial charge in [-0.2, -0.15) is 0 Å². The Kier molecular flexibility index (Phi) is 3.95. The number of benzene rings is 3. The van der Waals surface area contributed by atoms with Gasteiger partial charge in [0.15, 0.2) is 0 Å². The maximum atomic E-state index is 13.3. The zero-order valence-corrected chi connectivity index (χ0v) is 18.0. The minimum atomic E-state index is -0.171. The molecule has 6 atom stereocenters. The lowest BCUT2D eigenvalue weighted by atomic mass is 9.63. The number of carbonyl (C=O) groups excluding carboxylic acids is 2. The molecule has 3 aromatic rings. The van der Waals surface area contributed by atoms with Crippen LogP contribution in [0.15, 0.2) is 91.0 Å². The zero-order valence-electron chi connectivity index (χ0n) is 18.0. The second kappa shape index (κ2) is 6.92. The van der Waals surface area contributed by atoms with Crippen LogP contribution in [-0.2, 0) is 9.59 Å². The average molecular weight is 434 g/mol. The molecule has 5 aliphatic rings. The number of ether oxygens (including phenoxy) is 1. The Balaban J connectivity index is 1.09. The highest BCUT2D eigenvalue weighted by atomic mass is 16.5. The molecule has 0 unspecified atom stereocenters. The number of hydrogen-bond donors (Lipinski definition) is 0. The van der Waals surface area contributed by atoms with Gasteiger partial charge in [-0.1, -0.05) is 54.6 Å². The Morgan fingerprint density at radius 1 is 0.636 bits per heavy atom. The molecule has 3 aromatic carbocycles. The van der Waals surface area contributed by atoms with E-state index in [-0.39, 0.29) is 35.5 Å². The number of nitrogens with zero attached hydrogens (tertiary/aromatic N) is 1. The minimum absolute atomic E-state index is 0.0279. The number of allylic oxidation sites excluding steroid dienone is 2. The maximum Gasteiger partial charge on any atom is 0.238 e. The first-order valence-corrected chi connectivity index (χ1v) is 11.7. The summed E-state index contributed by atoms with van der Waals surface area (Å²) in [6.45, 7) is 0. The summed E-state index contributed by atoms with van der Waals surface area (Å²) in [4.78, 5) is 28.0. The maximum absolute atomic E-state index is 13.3. The van der Waals surface area contributed by atoms with Gasteiger partial charge in [0.2, 0.25) is 11.8 Å². The van der Waals surface area contributed by atoms with E-state index in [0.29, 0.717) is 23.3 Å². The number of rotatable bonds is 4. The second-order valence-electron chi connectivity index (χ2n) is 9.65. The minimum Gasteiger partial charge on any atom is -0.457 e. The number of hydrogen-bond acceptors (Lipinski definition) is 3. The van der Waals surface area contributed by atoms with Crippen LogP contribution in [0.5, 0.6) is 11.5 Å². The fourth-order valence-corrected chi connectivity index (χ4v) is 6.36. The second-order valence-corrected chi connectivity index (χ2v) is 9.65. The van der Waals surface area contributed by atoms with Crippen molar-refractivity contribution >= 4 is 17.5 Å². The molecule has 33 heavy (non-hydrogen) atoms. The van der Waals surface area contributed by atoms with Crippen molar-refractivity contribution in [2.45, 2.75) is 6.42 Å². The molecule has 1 saturated heterocycles. The molecule has 1 heterocycles. The summed E-state index contributed by atoms with van der Waals surface area (Å²) in [6, 6.07) is 25.5. The van der Waals surface area contributed by atoms with E-state index in [9.17, 15) is 9.59 Å². The highest BCUT2D eigenvalue weighted by Gasteiger charge is 2.67. The summed E-state index contributed by atoms with van der Waals surface area (Å²) >= 11 is 0. The molecule has 4 heteroatoms. The van der Waals surface area contributed by atoms with Crippen molar-refractivity contribution < 1.29 is 14.3 Å². The van der Waals surface area contributed by atoms with Gasteiger partial charge in [0, 0.05) is 0 Å². The fraction of sp³-hybridized carbons (Fsp3) is 0.241. The molecule has 0 spiro atoms. The van der Waals surface area contributed by atoms with Crippen molar-refractivity contribution in [1.29, 1.82) is 0 Å². The quantitative estimate of drug-likeness (QED) is 0.391. The molecule has 4 aliphatic carbocycles. The van der Waals surface area contributed by atoms with Gasteiger partial charge in [-0.15, -0.1) is 0 Å².